The smallest absolute Gasteiger partial charge is 0.344 e. The van der Waals surface area contributed by atoms with Crippen LogP contribution in [0.15, 0.2) is 91.8 Å². The van der Waals surface area contributed by atoms with Gasteiger partial charge in [-0.25, -0.2) is 9.59 Å². The zero-order valence-electron chi connectivity index (χ0n) is 18.1. The van der Waals surface area contributed by atoms with Crippen LogP contribution >= 0.6 is 11.8 Å². The molecule has 0 saturated carbocycles. The van der Waals surface area contributed by atoms with Gasteiger partial charge in [0.1, 0.15) is 11.3 Å². The van der Waals surface area contributed by atoms with Crippen LogP contribution in [0, 0.1) is 6.92 Å². The molecule has 34 heavy (non-hydrogen) atoms. The van der Waals surface area contributed by atoms with Gasteiger partial charge in [-0.05, 0) is 48.9 Å². The van der Waals surface area contributed by atoms with E-state index in [1.807, 2.05) is 55.5 Å². The van der Waals surface area contributed by atoms with Gasteiger partial charge in [0.2, 0.25) is 0 Å². The Balaban J connectivity index is 1.25. The van der Waals surface area contributed by atoms with Crippen molar-refractivity contribution >= 4 is 46.0 Å². The van der Waals surface area contributed by atoms with Crippen LogP contribution in [0.1, 0.15) is 5.56 Å². The second kappa shape index (κ2) is 9.07. The molecule has 170 valence electrons. The fourth-order valence-electron chi connectivity index (χ4n) is 3.76. The van der Waals surface area contributed by atoms with Crippen molar-refractivity contribution in [1.82, 2.24) is 0 Å². The van der Waals surface area contributed by atoms with Gasteiger partial charge in [0.15, 0.2) is 13.2 Å². The summed E-state index contributed by atoms with van der Waals surface area (Å²) in [5, 5.41) is 0.778. The molecule has 0 atom stereocenters. The molecule has 5 rings (SSSR count). The number of carbonyl (C=O) groups excluding carboxylic acids is 2. The van der Waals surface area contributed by atoms with Crippen LogP contribution in [0.2, 0.25) is 0 Å². The Morgan fingerprint density at radius 1 is 0.912 bits per heavy atom. The third-order valence-corrected chi connectivity index (χ3v) is 6.45. The molecule has 0 saturated heterocycles. The number of rotatable bonds is 5. The van der Waals surface area contributed by atoms with E-state index in [2.05, 4.69) is 0 Å². The molecular weight excluding hydrogens is 454 g/mol. The lowest BCUT2D eigenvalue weighted by Gasteiger charge is -2.30. The maximum atomic E-state index is 13.1. The number of ether oxygens (including phenoxy) is 2. The van der Waals surface area contributed by atoms with Crippen molar-refractivity contribution in [2.75, 3.05) is 18.1 Å². The van der Waals surface area contributed by atoms with Crippen molar-refractivity contribution in [3.05, 3.63) is 88.8 Å². The fourth-order valence-corrected chi connectivity index (χ4v) is 4.82. The number of aryl methyl sites for hydroxylation is 1. The molecule has 1 aromatic heterocycles. The van der Waals surface area contributed by atoms with Crippen LogP contribution in [0.3, 0.4) is 0 Å². The zero-order valence-corrected chi connectivity index (χ0v) is 19.0. The molecule has 1 amide bonds. The minimum absolute atomic E-state index is 0.348. The predicted molar refractivity (Wildman–Crippen MR) is 128 cm³/mol. The number of carbonyl (C=O) groups is 2. The van der Waals surface area contributed by atoms with Crippen LogP contribution in [0.25, 0.3) is 11.0 Å². The zero-order chi connectivity index (χ0) is 23.7. The number of amides is 1. The van der Waals surface area contributed by atoms with E-state index in [9.17, 15) is 14.4 Å². The lowest BCUT2D eigenvalue weighted by atomic mass is 10.1. The first-order valence-electron chi connectivity index (χ1n) is 10.5. The molecule has 3 aromatic carbocycles. The Bertz CT molecular complexity index is 1430. The highest BCUT2D eigenvalue weighted by molar-refractivity contribution is 7.99. The highest BCUT2D eigenvalue weighted by Crippen LogP contribution is 2.47. The van der Waals surface area contributed by atoms with E-state index in [4.69, 9.17) is 13.9 Å². The van der Waals surface area contributed by atoms with Gasteiger partial charge >= 0.3 is 11.6 Å². The summed E-state index contributed by atoms with van der Waals surface area (Å²) in [5.74, 6) is -0.705. The van der Waals surface area contributed by atoms with E-state index in [0.717, 1.165) is 32.1 Å². The van der Waals surface area contributed by atoms with E-state index in [1.54, 1.807) is 34.9 Å². The summed E-state index contributed by atoms with van der Waals surface area (Å²) in [6.07, 6.45) is 0. The monoisotopic (exact) mass is 473 g/mol. The quantitative estimate of drug-likeness (QED) is 0.302. The molecule has 8 heteroatoms. The number of benzene rings is 3. The maximum Gasteiger partial charge on any atom is 0.344 e. The third-order valence-electron chi connectivity index (χ3n) is 5.32. The highest BCUT2D eigenvalue weighted by Gasteiger charge is 2.28. The number of para-hydroxylation sites is 2. The molecule has 0 spiro atoms. The summed E-state index contributed by atoms with van der Waals surface area (Å²) in [7, 11) is 0. The number of hydrogen-bond donors (Lipinski definition) is 0. The average molecular weight is 474 g/mol. The number of anilines is 2. The van der Waals surface area contributed by atoms with Gasteiger partial charge in [-0.2, -0.15) is 0 Å². The molecule has 7 nitrogen and oxygen atoms in total. The van der Waals surface area contributed by atoms with Gasteiger partial charge in [-0.3, -0.25) is 9.69 Å². The predicted octanol–water partition coefficient (Wildman–Crippen LogP) is 4.85. The summed E-state index contributed by atoms with van der Waals surface area (Å²) in [6.45, 7) is 0.991. The van der Waals surface area contributed by atoms with Crippen molar-refractivity contribution in [3.63, 3.8) is 0 Å². The summed E-state index contributed by atoms with van der Waals surface area (Å²) >= 11 is 1.59. The summed E-state index contributed by atoms with van der Waals surface area (Å²) < 4.78 is 15.9. The van der Waals surface area contributed by atoms with E-state index in [-0.39, 0.29) is 5.91 Å². The van der Waals surface area contributed by atoms with Gasteiger partial charge in [-0.1, -0.05) is 36.0 Å². The maximum absolute atomic E-state index is 13.1. The Labute approximate surface area is 198 Å². The van der Waals surface area contributed by atoms with Gasteiger partial charge < -0.3 is 13.9 Å². The molecule has 1 aliphatic rings. The summed E-state index contributed by atoms with van der Waals surface area (Å²) in [4.78, 5) is 40.4. The van der Waals surface area contributed by atoms with Crippen molar-refractivity contribution in [2.45, 2.75) is 16.7 Å². The molecule has 0 radical (unpaired) electrons. The second-order valence-corrected chi connectivity index (χ2v) is 8.71. The van der Waals surface area contributed by atoms with Gasteiger partial charge in [-0.15, -0.1) is 0 Å². The van der Waals surface area contributed by atoms with Crippen LogP contribution in [0.5, 0.6) is 5.75 Å². The standard InChI is InChI=1S/C26H19NO6S/c1-16-12-25(29)33-21-13-17(10-11-18(16)21)31-15-26(30)32-14-24(28)27-19-6-2-4-8-22(19)34-23-9-5-3-7-20(23)27/h2-13H,14-15H2,1H3. The summed E-state index contributed by atoms with van der Waals surface area (Å²) in [6, 6.07) is 21.6. The van der Waals surface area contributed by atoms with Gasteiger partial charge in [0.05, 0.1) is 11.4 Å². The Kier molecular flexibility index (Phi) is 5.81. The molecule has 2 heterocycles. The SMILES string of the molecule is Cc1cc(=O)oc2cc(OCC(=O)OCC(=O)N3c4ccccc4Sc4ccccc43)ccc12. The first-order valence-corrected chi connectivity index (χ1v) is 11.3. The molecule has 0 aliphatic carbocycles. The Hall–Kier alpha value is -4.04. The number of hydrogen-bond acceptors (Lipinski definition) is 7. The van der Waals surface area contributed by atoms with Crippen molar-refractivity contribution < 1.29 is 23.5 Å². The average Bonchev–Trinajstić information content (AvgIpc) is 2.84. The number of nitrogens with zero attached hydrogens (tertiary/aromatic N) is 1. The summed E-state index contributed by atoms with van der Waals surface area (Å²) in [5.41, 5.74) is 2.19. The van der Waals surface area contributed by atoms with Crippen LogP contribution < -0.4 is 15.3 Å². The molecular formula is C26H19NO6S. The first kappa shape index (κ1) is 21.8. The largest absolute Gasteiger partial charge is 0.482 e. The topological polar surface area (TPSA) is 86.0 Å². The van der Waals surface area contributed by atoms with Crippen LogP contribution in [-0.2, 0) is 14.3 Å². The van der Waals surface area contributed by atoms with E-state index < -0.39 is 24.8 Å². The normalized spacial score (nSPS) is 12.1. The minimum Gasteiger partial charge on any atom is -0.482 e. The second-order valence-electron chi connectivity index (χ2n) is 7.62. The third kappa shape index (κ3) is 4.27. The van der Waals surface area contributed by atoms with Gasteiger partial charge in [0, 0.05) is 27.3 Å². The van der Waals surface area contributed by atoms with Crippen LogP contribution in [-0.4, -0.2) is 25.1 Å². The first-order chi connectivity index (χ1) is 16.5. The van der Waals surface area contributed by atoms with E-state index in [1.165, 1.54) is 6.07 Å². The minimum atomic E-state index is -0.688. The molecule has 0 unspecified atom stereocenters. The van der Waals surface area contributed by atoms with Gasteiger partial charge in [0.25, 0.3) is 5.91 Å². The van der Waals surface area contributed by atoms with Crippen molar-refractivity contribution in [2.24, 2.45) is 0 Å². The number of fused-ring (bicyclic) bond motifs is 3. The fraction of sp³-hybridized carbons (Fsp3) is 0.115. The van der Waals surface area contributed by atoms with Crippen LogP contribution in [0.4, 0.5) is 11.4 Å². The highest BCUT2D eigenvalue weighted by atomic mass is 32.2. The molecule has 0 fully saturated rings. The van der Waals surface area contributed by atoms with E-state index in [0.29, 0.717) is 11.3 Å². The molecule has 4 aromatic rings. The number of esters is 1. The Morgan fingerprint density at radius 2 is 1.59 bits per heavy atom. The molecule has 0 N–H and O–H groups in total. The van der Waals surface area contributed by atoms with Crippen molar-refractivity contribution in [1.29, 1.82) is 0 Å². The Morgan fingerprint density at radius 3 is 2.29 bits per heavy atom. The van der Waals surface area contributed by atoms with E-state index >= 15 is 0 Å². The molecule has 1 aliphatic heterocycles. The molecule has 0 bridgehead atoms. The lowest BCUT2D eigenvalue weighted by Crippen LogP contribution is -2.33. The lowest BCUT2D eigenvalue weighted by molar-refractivity contribution is -0.149. The van der Waals surface area contributed by atoms with Crippen molar-refractivity contribution in [3.8, 4) is 5.75 Å².